The number of carbonyl (C=O) groups excluding carboxylic acids is 1. The van der Waals surface area contributed by atoms with Crippen LogP contribution < -0.4 is 0 Å². The van der Waals surface area contributed by atoms with E-state index in [1.54, 1.807) is 11.3 Å². The Morgan fingerprint density at radius 3 is 2.82 bits per heavy atom. The summed E-state index contributed by atoms with van der Waals surface area (Å²) in [5, 5.41) is 11.5. The molecule has 118 valence electrons. The first-order valence-corrected chi connectivity index (χ1v) is 8.74. The van der Waals surface area contributed by atoms with Gasteiger partial charge >= 0.3 is 0 Å². The first-order valence-electron chi connectivity index (χ1n) is 7.86. The van der Waals surface area contributed by atoms with E-state index in [9.17, 15) is 9.90 Å². The van der Waals surface area contributed by atoms with E-state index in [0.717, 1.165) is 36.6 Å². The molecule has 6 nitrogen and oxygen atoms in total. The fourth-order valence-electron chi connectivity index (χ4n) is 3.29. The number of aliphatic hydroxyl groups excluding tert-OH is 1. The third-order valence-electron chi connectivity index (χ3n) is 4.52. The molecule has 2 aliphatic rings. The molecule has 0 spiro atoms. The maximum absolute atomic E-state index is 12.8. The molecule has 0 bridgehead atoms. The fourth-order valence-corrected chi connectivity index (χ4v) is 4.02. The van der Waals surface area contributed by atoms with Crippen LogP contribution in [0.3, 0.4) is 0 Å². The average Bonchev–Trinajstić information content (AvgIpc) is 3.08. The molecule has 2 saturated heterocycles. The fraction of sp³-hybridized carbons (Fsp3) is 0.600. The van der Waals surface area contributed by atoms with Gasteiger partial charge in [0.05, 0.1) is 11.8 Å². The number of rotatable bonds is 3. The Morgan fingerprint density at radius 2 is 2.09 bits per heavy atom. The zero-order valence-electron chi connectivity index (χ0n) is 12.4. The SMILES string of the molecule is O=C(c1nc2sccn2c1CN1CC(O)C1)N1CCCCC1. The number of fused-ring (bicyclic) bond motifs is 1. The molecular weight excluding hydrogens is 300 g/mol. The minimum atomic E-state index is -0.230. The molecule has 0 aliphatic carbocycles. The molecular formula is C15H20N4O2S. The Balaban J connectivity index is 1.63. The van der Waals surface area contributed by atoms with Gasteiger partial charge in [-0.05, 0) is 19.3 Å². The summed E-state index contributed by atoms with van der Waals surface area (Å²) in [6.07, 6.45) is 5.13. The van der Waals surface area contributed by atoms with Crippen molar-refractivity contribution in [2.75, 3.05) is 26.2 Å². The second-order valence-electron chi connectivity index (χ2n) is 6.16. The number of thiazole rings is 1. The minimum Gasteiger partial charge on any atom is -0.390 e. The van der Waals surface area contributed by atoms with Gasteiger partial charge in [0.2, 0.25) is 0 Å². The predicted octanol–water partition coefficient (Wildman–Crippen LogP) is 1.20. The molecule has 4 rings (SSSR count). The van der Waals surface area contributed by atoms with Gasteiger partial charge in [-0.25, -0.2) is 4.98 Å². The molecule has 2 aromatic rings. The lowest BCUT2D eigenvalue weighted by molar-refractivity contribution is -0.00383. The van der Waals surface area contributed by atoms with Gasteiger partial charge in [0.25, 0.3) is 5.91 Å². The molecule has 0 unspecified atom stereocenters. The van der Waals surface area contributed by atoms with Crippen LogP contribution in [0.25, 0.3) is 4.96 Å². The highest BCUT2D eigenvalue weighted by Gasteiger charge is 2.30. The number of aliphatic hydroxyl groups is 1. The molecule has 2 aliphatic heterocycles. The van der Waals surface area contributed by atoms with Crippen molar-refractivity contribution in [3.63, 3.8) is 0 Å². The summed E-state index contributed by atoms with van der Waals surface area (Å²) >= 11 is 1.55. The summed E-state index contributed by atoms with van der Waals surface area (Å²) in [6, 6.07) is 0. The Morgan fingerprint density at radius 1 is 1.32 bits per heavy atom. The summed E-state index contributed by atoms with van der Waals surface area (Å²) in [5.41, 5.74) is 1.55. The minimum absolute atomic E-state index is 0.0617. The summed E-state index contributed by atoms with van der Waals surface area (Å²) < 4.78 is 2.02. The van der Waals surface area contributed by atoms with Crippen molar-refractivity contribution in [1.29, 1.82) is 0 Å². The molecule has 4 heterocycles. The van der Waals surface area contributed by atoms with E-state index in [1.165, 1.54) is 6.42 Å². The van der Waals surface area contributed by atoms with Crippen LogP contribution in [0.4, 0.5) is 0 Å². The molecule has 0 aromatic carbocycles. The molecule has 2 aromatic heterocycles. The smallest absolute Gasteiger partial charge is 0.274 e. The lowest BCUT2D eigenvalue weighted by Crippen LogP contribution is -2.50. The Hall–Kier alpha value is -1.44. The van der Waals surface area contributed by atoms with Gasteiger partial charge in [-0.3, -0.25) is 14.1 Å². The third kappa shape index (κ3) is 2.43. The maximum atomic E-state index is 12.8. The molecule has 22 heavy (non-hydrogen) atoms. The number of aromatic nitrogens is 2. The lowest BCUT2D eigenvalue weighted by Gasteiger charge is -2.35. The number of amides is 1. The van der Waals surface area contributed by atoms with Crippen molar-refractivity contribution in [3.8, 4) is 0 Å². The summed E-state index contributed by atoms with van der Waals surface area (Å²) in [4.78, 5) is 22.4. The van der Waals surface area contributed by atoms with Crippen molar-refractivity contribution in [2.45, 2.75) is 31.9 Å². The molecule has 7 heteroatoms. The van der Waals surface area contributed by atoms with Crippen molar-refractivity contribution in [1.82, 2.24) is 19.2 Å². The molecule has 1 amide bonds. The highest BCUT2D eigenvalue weighted by molar-refractivity contribution is 7.15. The highest BCUT2D eigenvalue weighted by Crippen LogP contribution is 2.23. The average molecular weight is 320 g/mol. The number of hydrogen-bond acceptors (Lipinski definition) is 5. The molecule has 2 fully saturated rings. The monoisotopic (exact) mass is 320 g/mol. The van der Waals surface area contributed by atoms with E-state index in [0.29, 0.717) is 25.3 Å². The molecule has 0 atom stereocenters. The van der Waals surface area contributed by atoms with Gasteiger partial charge in [-0.15, -0.1) is 11.3 Å². The van der Waals surface area contributed by atoms with Gasteiger partial charge < -0.3 is 10.0 Å². The van der Waals surface area contributed by atoms with Crippen LogP contribution in [0.2, 0.25) is 0 Å². The van der Waals surface area contributed by atoms with Crippen LogP contribution in [-0.4, -0.2) is 62.5 Å². The second kappa shape index (κ2) is 5.64. The standard InChI is InChI=1S/C15H20N4O2S/c20-11-8-17(9-11)10-12-13(16-15-19(12)6-7-22-15)14(21)18-4-2-1-3-5-18/h6-7,11,20H,1-5,8-10H2. The summed E-state index contributed by atoms with van der Waals surface area (Å²) in [7, 11) is 0. The highest BCUT2D eigenvalue weighted by atomic mass is 32.1. The van der Waals surface area contributed by atoms with E-state index in [2.05, 4.69) is 9.88 Å². The zero-order chi connectivity index (χ0) is 15.1. The van der Waals surface area contributed by atoms with Gasteiger partial charge in [0.15, 0.2) is 10.7 Å². The van der Waals surface area contributed by atoms with Crippen LogP contribution in [0.15, 0.2) is 11.6 Å². The van der Waals surface area contributed by atoms with E-state index in [4.69, 9.17) is 0 Å². The number of likely N-dealkylation sites (tertiary alicyclic amines) is 2. The van der Waals surface area contributed by atoms with Crippen molar-refractivity contribution in [2.24, 2.45) is 0 Å². The van der Waals surface area contributed by atoms with Crippen molar-refractivity contribution >= 4 is 22.2 Å². The number of hydrogen-bond donors (Lipinski definition) is 1. The summed E-state index contributed by atoms with van der Waals surface area (Å²) in [5.74, 6) is 0.0617. The Kier molecular flexibility index (Phi) is 3.63. The van der Waals surface area contributed by atoms with Gasteiger partial charge in [0, 0.05) is 44.3 Å². The molecule has 0 saturated carbocycles. The quantitative estimate of drug-likeness (QED) is 0.923. The summed E-state index contributed by atoms with van der Waals surface area (Å²) in [6.45, 7) is 3.70. The zero-order valence-corrected chi connectivity index (χ0v) is 13.3. The number of β-amino-alcohol motifs (C(OH)–C–C–N with tert-alkyl or cyclic N) is 1. The maximum Gasteiger partial charge on any atom is 0.274 e. The van der Waals surface area contributed by atoms with E-state index >= 15 is 0 Å². The van der Waals surface area contributed by atoms with Gasteiger partial charge in [0.1, 0.15) is 0 Å². The predicted molar refractivity (Wildman–Crippen MR) is 84.1 cm³/mol. The molecule has 1 N–H and O–H groups in total. The van der Waals surface area contributed by atoms with E-state index in [1.807, 2.05) is 20.9 Å². The first kappa shape index (κ1) is 14.2. The van der Waals surface area contributed by atoms with Crippen LogP contribution in [0.1, 0.15) is 35.4 Å². The van der Waals surface area contributed by atoms with Crippen LogP contribution in [0, 0.1) is 0 Å². The van der Waals surface area contributed by atoms with Crippen LogP contribution in [0.5, 0.6) is 0 Å². The van der Waals surface area contributed by atoms with Gasteiger partial charge in [-0.1, -0.05) is 0 Å². The number of carbonyl (C=O) groups is 1. The van der Waals surface area contributed by atoms with E-state index < -0.39 is 0 Å². The molecule has 0 radical (unpaired) electrons. The lowest BCUT2D eigenvalue weighted by atomic mass is 10.1. The van der Waals surface area contributed by atoms with Crippen molar-refractivity contribution in [3.05, 3.63) is 23.0 Å². The number of nitrogens with zero attached hydrogens (tertiary/aromatic N) is 4. The third-order valence-corrected chi connectivity index (χ3v) is 5.27. The van der Waals surface area contributed by atoms with Crippen molar-refractivity contribution < 1.29 is 9.90 Å². The largest absolute Gasteiger partial charge is 0.390 e. The van der Waals surface area contributed by atoms with Crippen LogP contribution >= 0.6 is 11.3 Å². The van der Waals surface area contributed by atoms with E-state index in [-0.39, 0.29) is 12.0 Å². The Labute approximate surface area is 133 Å². The van der Waals surface area contributed by atoms with Crippen LogP contribution in [-0.2, 0) is 6.54 Å². The second-order valence-corrected chi connectivity index (χ2v) is 7.04. The Bertz CT molecular complexity index is 683. The topological polar surface area (TPSA) is 61.1 Å². The number of imidazole rings is 1. The normalized spacial score (nSPS) is 20.5. The first-order chi connectivity index (χ1) is 10.7. The number of piperidine rings is 1. The van der Waals surface area contributed by atoms with Gasteiger partial charge in [-0.2, -0.15) is 0 Å².